The second-order valence-electron chi connectivity index (χ2n) is 8.13. The van der Waals surface area contributed by atoms with E-state index in [-0.39, 0.29) is 6.04 Å². The minimum atomic E-state index is -0.0280. The summed E-state index contributed by atoms with van der Waals surface area (Å²) in [5.74, 6) is 1.51. The molecule has 2 fully saturated rings. The molecular formula is C20H31BrN6. The molecule has 7 heteroatoms. The van der Waals surface area contributed by atoms with Crippen molar-refractivity contribution in [2.75, 3.05) is 13.1 Å². The highest BCUT2D eigenvalue weighted by Crippen LogP contribution is 2.36. The highest BCUT2D eigenvalue weighted by molar-refractivity contribution is 9.08. The molecule has 3 heterocycles. The zero-order valence-electron chi connectivity index (χ0n) is 15.9. The summed E-state index contributed by atoms with van der Waals surface area (Å²) in [4.78, 5) is 11.3. The van der Waals surface area contributed by atoms with Crippen LogP contribution in [0.25, 0.3) is 0 Å². The maximum absolute atomic E-state index is 6.51. The predicted molar refractivity (Wildman–Crippen MR) is 113 cm³/mol. The second-order valence-corrected chi connectivity index (χ2v) is 8.84. The van der Waals surface area contributed by atoms with E-state index in [9.17, 15) is 0 Å². The van der Waals surface area contributed by atoms with Crippen molar-refractivity contribution in [2.45, 2.75) is 75.4 Å². The fraction of sp³-hybridized carbons (Fsp3) is 0.700. The summed E-state index contributed by atoms with van der Waals surface area (Å²) in [6.45, 7) is 1.93. The van der Waals surface area contributed by atoms with Gasteiger partial charge in [-0.3, -0.25) is 8.59 Å². The van der Waals surface area contributed by atoms with Gasteiger partial charge in [0.2, 0.25) is 0 Å². The molecule has 1 unspecified atom stereocenters. The maximum atomic E-state index is 6.51. The summed E-state index contributed by atoms with van der Waals surface area (Å²) in [7, 11) is 0. The number of rotatable bonds is 5. The summed E-state index contributed by atoms with van der Waals surface area (Å²) in [5.41, 5.74) is 7.78. The van der Waals surface area contributed by atoms with Gasteiger partial charge in [0.25, 0.3) is 0 Å². The minimum absolute atomic E-state index is 0.0280. The molecule has 1 saturated heterocycles. The van der Waals surface area contributed by atoms with Gasteiger partial charge in [-0.25, -0.2) is 4.98 Å². The van der Waals surface area contributed by atoms with Crippen LogP contribution < -0.4 is 11.1 Å². The number of aromatic nitrogens is 2. The molecule has 1 aromatic heterocycles. The van der Waals surface area contributed by atoms with Gasteiger partial charge in [-0.15, -0.1) is 0 Å². The molecule has 1 aliphatic carbocycles. The molecular weight excluding hydrogens is 404 g/mol. The quantitative estimate of drug-likeness (QED) is 0.743. The fourth-order valence-corrected chi connectivity index (χ4v) is 5.44. The van der Waals surface area contributed by atoms with Crippen molar-refractivity contribution in [3.05, 3.63) is 30.0 Å². The van der Waals surface area contributed by atoms with Crippen molar-refractivity contribution < 1.29 is 0 Å². The summed E-state index contributed by atoms with van der Waals surface area (Å²) in [5, 5.41) is 3.59. The molecule has 1 aromatic rings. The largest absolute Gasteiger partial charge is 0.337 e. The zero-order valence-corrected chi connectivity index (χ0v) is 17.5. The second kappa shape index (κ2) is 8.88. The Hall–Kier alpha value is -1.18. The van der Waals surface area contributed by atoms with E-state index in [4.69, 9.17) is 5.73 Å². The fourth-order valence-electron chi connectivity index (χ4n) is 4.71. The van der Waals surface area contributed by atoms with Crippen molar-refractivity contribution in [1.29, 1.82) is 0 Å². The first-order chi connectivity index (χ1) is 13.2. The predicted octanol–water partition coefficient (Wildman–Crippen LogP) is 3.46. The van der Waals surface area contributed by atoms with Gasteiger partial charge in [0.15, 0.2) is 0 Å². The van der Waals surface area contributed by atoms with Gasteiger partial charge in [0, 0.05) is 30.4 Å². The molecule has 0 amide bonds. The van der Waals surface area contributed by atoms with Crippen LogP contribution in [0.15, 0.2) is 23.5 Å². The van der Waals surface area contributed by atoms with E-state index >= 15 is 0 Å². The molecule has 0 radical (unpaired) electrons. The van der Waals surface area contributed by atoms with E-state index in [0.717, 1.165) is 25.3 Å². The van der Waals surface area contributed by atoms with Gasteiger partial charge in [0.1, 0.15) is 5.82 Å². The van der Waals surface area contributed by atoms with Gasteiger partial charge in [0.05, 0.1) is 40.8 Å². The number of nitrogens with zero attached hydrogens (tertiary/aromatic N) is 4. The lowest BCUT2D eigenvalue weighted by Gasteiger charge is -2.34. The first-order valence-electron chi connectivity index (χ1n) is 10.4. The molecule has 0 spiro atoms. The van der Waals surface area contributed by atoms with Crippen LogP contribution in [0.1, 0.15) is 74.8 Å². The number of aliphatic imine (C=N–C) groups is 1. The van der Waals surface area contributed by atoms with Crippen molar-refractivity contribution in [3.63, 3.8) is 0 Å². The first-order valence-corrected chi connectivity index (χ1v) is 11.1. The summed E-state index contributed by atoms with van der Waals surface area (Å²) >= 11 is 3.75. The summed E-state index contributed by atoms with van der Waals surface area (Å²) in [6, 6.07) is 1.07. The van der Waals surface area contributed by atoms with E-state index in [2.05, 4.69) is 52.2 Å². The molecule has 3 aliphatic rings. The Labute approximate surface area is 170 Å². The first kappa shape index (κ1) is 19.2. The average molecular weight is 435 g/mol. The standard InChI is InChI=1S/C20H31BrN6/c21-27-19(13-25-20(27)18(22)12-16-4-1-2-10-24-16)15-5-7-17(8-6-15)26-11-3-9-23-14-26/h3,11,13-18,24H,1-2,4-10,12,22H2/t15?,16?,17?,18-/m0/s1. The van der Waals surface area contributed by atoms with E-state index < -0.39 is 0 Å². The normalized spacial score (nSPS) is 29.9. The van der Waals surface area contributed by atoms with E-state index in [1.54, 1.807) is 0 Å². The Bertz CT molecular complexity index is 658. The third-order valence-corrected chi connectivity index (χ3v) is 7.05. The molecule has 4 rings (SSSR count). The molecule has 0 aromatic carbocycles. The Morgan fingerprint density at radius 2 is 2.07 bits per heavy atom. The lowest BCUT2D eigenvalue weighted by atomic mass is 9.84. The van der Waals surface area contributed by atoms with E-state index in [1.165, 1.54) is 50.6 Å². The molecule has 27 heavy (non-hydrogen) atoms. The number of nitrogens with one attached hydrogen (secondary N) is 1. The van der Waals surface area contributed by atoms with Gasteiger partial charge >= 0.3 is 0 Å². The highest BCUT2D eigenvalue weighted by atomic mass is 79.9. The minimum Gasteiger partial charge on any atom is -0.337 e. The SMILES string of the molecule is N[C@@H](CC1CCCCN1)c1ncc(C2CCC(N3C=CCN=C3)CC2)n1Br. The lowest BCUT2D eigenvalue weighted by Crippen LogP contribution is -2.37. The Morgan fingerprint density at radius 3 is 2.78 bits per heavy atom. The molecule has 3 N–H and O–H groups in total. The van der Waals surface area contributed by atoms with Crippen LogP contribution in [-0.4, -0.2) is 45.0 Å². The summed E-state index contributed by atoms with van der Waals surface area (Å²) in [6.07, 6.45) is 17.8. The third kappa shape index (κ3) is 4.46. The number of nitrogens with two attached hydrogens (primary N) is 1. The summed E-state index contributed by atoms with van der Waals surface area (Å²) < 4.78 is 2.09. The maximum Gasteiger partial charge on any atom is 0.136 e. The Balaban J connectivity index is 1.35. The number of piperidine rings is 1. The topological polar surface area (TPSA) is 71.5 Å². The third-order valence-electron chi connectivity index (χ3n) is 6.28. The van der Waals surface area contributed by atoms with Crippen LogP contribution in [0.4, 0.5) is 0 Å². The van der Waals surface area contributed by atoms with Crippen molar-refractivity contribution >= 4 is 22.5 Å². The van der Waals surface area contributed by atoms with E-state index in [1.807, 2.05) is 12.5 Å². The van der Waals surface area contributed by atoms with Crippen molar-refractivity contribution in [2.24, 2.45) is 10.7 Å². The van der Waals surface area contributed by atoms with Crippen LogP contribution in [-0.2, 0) is 0 Å². The smallest absolute Gasteiger partial charge is 0.136 e. The number of hydrogen-bond acceptors (Lipinski definition) is 5. The molecule has 148 valence electrons. The van der Waals surface area contributed by atoms with Crippen LogP contribution in [0, 0.1) is 0 Å². The number of halogens is 1. The lowest BCUT2D eigenvalue weighted by molar-refractivity contribution is 0.280. The van der Waals surface area contributed by atoms with Gasteiger partial charge in [-0.05, 0) is 57.6 Å². The highest BCUT2D eigenvalue weighted by Gasteiger charge is 2.29. The molecule has 1 saturated carbocycles. The van der Waals surface area contributed by atoms with E-state index in [0.29, 0.717) is 18.0 Å². The monoisotopic (exact) mass is 434 g/mol. The molecule has 6 nitrogen and oxygen atoms in total. The van der Waals surface area contributed by atoms with Crippen LogP contribution in [0.5, 0.6) is 0 Å². The van der Waals surface area contributed by atoms with Gasteiger partial charge < -0.3 is 16.0 Å². The molecule has 0 bridgehead atoms. The van der Waals surface area contributed by atoms with Gasteiger partial charge in [-0.2, -0.15) is 0 Å². The molecule has 2 aliphatic heterocycles. The van der Waals surface area contributed by atoms with Crippen molar-refractivity contribution in [3.8, 4) is 0 Å². The zero-order chi connectivity index (χ0) is 18.6. The number of imidazole rings is 1. The van der Waals surface area contributed by atoms with Crippen LogP contribution >= 0.6 is 16.1 Å². The van der Waals surface area contributed by atoms with Crippen molar-refractivity contribution in [1.82, 2.24) is 18.8 Å². The Morgan fingerprint density at radius 1 is 1.22 bits per heavy atom. The van der Waals surface area contributed by atoms with Crippen LogP contribution in [0.2, 0.25) is 0 Å². The Kier molecular flexibility index (Phi) is 6.30. The van der Waals surface area contributed by atoms with Gasteiger partial charge in [-0.1, -0.05) is 6.42 Å². The van der Waals surface area contributed by atoms with Crippen LogP contribution in [0.3, 0.4) is 0 Å². The molecule has 2 atom stereocenters. The average Bonchev–Trinajstić information content (AvgIpc) is 3.11. The number of hydrogen-bond donors (Lipinski definition) is 2.